The van der Waals surface area contributed by atoms with E-state index in [9.17, 15) is 9.18 Å². The van der Waals surface area contributed by atoms with Gasteiger partial charge < -0.3 is 4.74 Å². The molecule has 6 heteroatoms. The van der Waals surface area contributed by atoms with Crippen LogP contribution in [-0.2, 0) is 4.74 Å². The molecule has 0 aliphatic carbocycles. The van der Waals surface area contributed by atoms with Crippen molar-refractivity contribution >= 4 is 17.5 Å². The van der Waals surface area contributed by atoms with Crippen LogP contribution in [0.25, 0.3) is 11.3 Å². The van der Waals surface area contributed by atoms with Gasteiger partial charge in [-0.15, -0.1) is 11.7 Å². The molecule has 0 spiro atoms. The normalized spacial score (nSPS) is 11.9. The lowest BCUT2D eigenvalue weighted by molar-refractivity contribution is 0.0498. The number of aromatic nitrogens is 2. The predicted molar refractivity (Wildman–Crippen MR) is 79.6 cm³/mol. The standard InChI is InChI=1S/C15H15FN2O2S/c1-3-10(2)8-9-20-15(19)14-13(17-18-21-14)11-4-6-12(16)7-5-11/h3-7,10H,1,8-9H2,2H3/t10-/m1/s1. The number of esters is 1. The number of nitrogens with zero attached hydrogens (tertiary/aromatic N) is 2. The Morgan fingerprint density at radius 1 is 1.48 bits per heavy atom. The maximum atomic E-state index is 12.9. The molecule has 4 nitrogen and oxygen atoms in total. The Morgan fingerprint density at radius 2 is 2.19 bits per heavy atom. The van der Waals surface area contributed by atoms with Crippen LogP contribution in [0.5, 0.6) is 0 Å². The molecule has 1 atom stereocenters. The van der Waals surface area contributed by atoms with Crippen molar-refractivity contribution in [3.63, 3.8) is 0 Å². The third kappa shape index (κ3) is 3.95. The van der Waals surface area contributed by atoms with Crippen LogP contribution in [0.15, 0.2) is 36.9 Å². The summed E-state index contributed by atoms with van der Waals surface area (Å²) < 4.78 is 21.9. The van der Waals surface area contributed by atoms with Gasteiger partial charge in [0.15, 0.2) is 4.88 Å². The Labute approximate surface area is 126 Å². The average Bonchev–Trinajstić information content (AvgIpc) is 2.97. The number of carbonyl (C=O) groups is 1. The molecular weight excluding hydrogens is 291 g/mol. The Morgan fingerprint density at radius 3 is 2.86 bits per heavy atom. The van der Waals surface area contributed by atoms with Crippen LogP contribution >= 0.6 is 11.5 Å². The lowest BCUT2D eigenvalue weighted by Gasteiger charge is -2.06. The Bertz CT molecular complexity index is 625. The van der Waals surface area contributed by atoms with Crippen molar-refractivity contribution in [1.82, 2.24) is 9.59 Å². The van der Waals surface area contributed by atoms with E-state index in [0.717, 1.165) is 11.5 Å². The van der Waals surface area contributed by atoms with E-state index in [1.807, 2.05) is 13.0 Å². The fourth-order valence-electron chi connectivity index (χ4n) is 1.64. The van der Waals surface area contributed by atoms with Gasteiger partial charge in [0, 0.05) is 5.56 Å². The van der Waals surface area contributed by atoms with E-state index in [0.29, 0.717) is 29.2 Å². The fourth-order valence-corrected chi connectivity index (χ4v) is 2.22. The number of rotatable bonds is 6. The highest BCUT2D eigenvalue weighted by atomic mass is 32.1. The summed E-state index contributed by atoms with van der Waals surface area (Å²) in [6.07, 6.45) is 2.53. The van der Waals surface area contributed by atoms with E-state index < -0.39 is 5.97 Å². The van der Waals surface area contributed by atoms with Gasteiger partial charge in [-0.1, -0.05) is 17.5 Å². The zero-order chi connectivity index (χ0) is 15.2. The van der Waals surface area contributed by atoms with Gasteiger partial charge in [0.25, 0.3) is 0 Å². The van der Waals surface area contributed by atoms with Crippen LogP contribution < -0.4 is 0 Å². The number of hydrogen-bond acceptors (Lipinski definition) is 5. The topological polar surface area (TPSA) is 52.1 Å². The van der Waals surface area contributed by atoms with Crippen LogP contribution in [0.1, 0.15) is 23.0 Å². The minimum atomic E-state index is -0.458. The molecule has 0 radical (unpaired) electrons. The summed E-state index contributed by atoms with van der Waals surface area (Å²) in [5, 5.41) is 3.93. The van der Waals surface area contributed by atoms with Crippen molar-refractivity contribution in [2.75, 3.05) is 6.61 Å². The molecule has 0 unspecified atom stereocenters. The Hall–Kier alpha value is -2.08. The average molecular weight is 306 g/mol. The van der Waals surface area contributed by atoms with Gasteiger partial charge in [0.2, 0.25) is 0 Å². The minimum absolute atomic E-state index is 0.286. The van der Waals surface area contributed by atoms with Crippen molar-refractivity contribution in [2.45, 2.75) is 13.3 Å². The molecule has 0 N–H and O–H groups in total. The largest absolute Gasteiger partial charge is 0.461 e. The quantitative estimate of drug-likeness (QED) is 0.603. The van der Waals surface area contributed by atoms with Gasteiger partial charge >= 0.3 is 5.97 Å². The molecule has 0 fully saturated rings. The Kier molecular flexibility index (Phi) is 5.16. The van der Waals surface area contributed by atoms with Crippen molar-refractivity contribution < 1.29 is 13.9 Å². The Balaban J connectivity index is 2.07. The number of ether oxygens (including phenoxy) is 1. The number of carbonyl (C=O) groups excluding carboxylic acids is 1. The molecule has 0 amide bonds. The van der Waals surface area contributed by atoms with Crippen LogP contribution in [0.4, 0.5) is 4.39 Å². The number of halogens is 1. The second-order valence-corrected chi connectivity index (χ2v) is 5.35. The zero-order valence-corrected chi connectivity index (χ0v) is 12.4. The summed E-state index contributed by atoms with van der Waals surface area (Å²) >= 11 is 0.972. The van der Waals surface area contributed by atoms with E-state index in [1.165, 1.54) is 12.1 Å². The molecule has 0 saturated carbocycles. The van der Waals surface area contributed by atoms with Gasteiger partial charge in [0.1, 0.15) is 11.5 Å². The summed E-state index contributed by atoms with van der Waals surface area (Å²) in [6.45, 7) is 5.99. The van der Waals surface area contributed by atoms with Gasteiger partial charge in [0.05, 0.1) is 6.61 Å². The molecular formula is C15H15FN2O2S. The summed E-state index contributed by atoms with van der Waals surface area (Å²) in [4.78, 5) is 12.4. The fraction of sp³-hybridized carbons (Fsp3) is 0.267. The molecule has 21 heavy (non-hydrogen) atoms. The minimum Gasteiger partial charge on any atom is -0.461 e. The summed E-state index contributed by atoms with van der Waals surface area (Å²) in [5.74, 6) is -0.515. The molecule has 1 aromatic heterocycles. The van der Waals surface area contributed by atoms with E-state index in [4.69, 9.17) is 4.74 Å². The van der Waals surface area contributed by atoms with Crippen LogP contribution in [0.2, 0.25) is 0 Å². The molecule has 1 heterocycles. The highest BCUT2D eigenvalue weighted by Crippen LogP contribution is 2.24. The lowest BCUT2D eigenvalue weighted by atomic mass is 10.1. The second kappa shape index (κ2) is 7.08. The first kappa shape index (κ1) is 15.3. The van der Waals surface area contributed by atoms with E-state index in [1.54, 1.807) is 12.1 Å². The molecule has 1 aromatic carbocycles. The van der Waals surface area contributed by atoms with E-state index in [-0.39, 0.29) is 11.7 Å². The monoisotopic (exact) mass is 306 g/mol. The van der Waals surface area contributed by atoms with Crippen LogP contribution in [0, 0.1) is 11.7 Å². The first-order chi connectivity index (χ1) is 10.1. The summed E-state index contributed by atoms with van der Waals surface area (Å²) in [6, 6.07) is 5.75. The van der Waals surface area contributed by atoms with Gasteiger partial charge in [-0.2, -0.15) is 0 Å². The van der Waals surface area contributed by atoms with Crippen molar-refractivity contribution in [1.29, 1.82) is 0 Å². The van der Waals surface area contributed by atoms with Gasteiger partial charge in [-0.25, -0.2) is 9.18 Å². The SMILES string of the molecule is C=C[C@@H](C)CCOC(=O)c1snnc1-c1ccc(F)cc1. The van der Waals surface area contributed by atoms with Gasteiger partial charge in [-0.05, 0) is 48.1 Å². The molecule has 0 aliphatic rings. The highest BCUT2D eigenvalue weighted by Gasteiger charge is 2.19. The van der Waals surface area contributed by atoms with Gasteiger partial charge in [-0.3, -0.25) is 0 Å². The van der Waals surface area contributed by atoms with Crippen molar-refractivity contribution in [2.24, 2.45) is 5.92 Å². The van der Waals surface area contributed by atoms with Crippen LogP contribution in [-0.4, -0.2) is 22.2 Å². The second-order valence-electron chi connectivity index (χ2n) is 4.60. The maximum absolute atomic E-state index is 12.9. The van der Waals surface area contributed by atoms with E-state index >= 15 is 0 Å². The third-order valence-electron chi connectivity index (χ3n) is 3.00. The molecule has 0 aliphatic heterocycles. The van der Waals surface area contributed by atoms with E-state index in [2.05, 4.69) is 16.2 Å². The first-order valence-corrected chi connectivity index (χ1v) is 7.27. The first-order valence-electron chi connectivity index (χ1n) is 6.49. The summed E-state index contributed by atoms with van der Waals surface area (Å²) in [5.41, 5.74) is 1.05. The molecule has 0 bridgehead atoms. The number of benzene rings is 1. The number of hydrogen-bond donors (Lipinski definition) is 0. The lowest BCUT2D eigenvalue weighted by Crippen LogP contribution is -2.08. The smallest absolute Gasteiger partial charge is 0.352 e. The predicted octanol–water partition coefficient (Wildman–Crippen LogP) is 3.71. The molecule has 0 saturated heterocycles. The molecule has 2 aromatic rings. The number of allylic oxidation sites excluding steroid dienone is 1. The zero-order valence-electron chi connectivity index (χ0n) is 11.6. The highest BCUT2D eigenvalue weighted by molar-refractivity contribution is 7.08. The third-order valence-corrected chi connectivity index (χ3v) is 3.71. The molecule has 110 valence electrons. The maximum Gasteiger partial charge on any atom is 0.352 e. The summed E-state index contributed by atoms with van der Waals surface area (Å²) in [7, 11) is 0. The molecule has 2 rings (SSSR count). The van der Waals surface area contributed by atoms with Crippen molar-refractivity contribution in [3.05, 3.63) is 47.6 Å². The van der Waals surface area contributed by atoms with Crippen LogP contribution in [0.3, 0.4) is 0 Å². The van der Waals surface area contributed by atoms with Crippen molar-refractivity contribution in [3.8, 4) is 11.3 Å².